The molecule has 1 aliphatic rings. The van der Waals surface area contributed by atoms with Crippen LogP contribution >= 0.6 is 0 Å². The lowest BCUT2D eigenvalue weighted by molar-refractivity contribution is -0.901. The van der Waals surface area contributed by atoms with Gasteiger partial charge in [-0.05, 0) is 29.7 Å². The fourth-order valence-electron chi connectivity index (χ4n) is 4.02. The molecule has 2 aromatic carbocycles. The van der Waals surface area contributed by atoms with E-state index in [-0.39, 0.29) is 27.2 Å². The Bertz CT molecular complexity index is 1170. The molecule has 3 aromatic rings. The van der Waals surface area contributed by atoms with Crippen LogP contribution in [-0.4, -0.2) is 66.4 Å². The van der Waals surface area contributed by atoms with Crippen molar-refractivity contribution >= 4 is 10.8 Å². The SMILES string of the molecule is CC(C)c1cc(-c2nnc(S(C)=O)n2-c2ccc(C[N+]3([O-])CCOCC3)cc2)c(O)cc1O. The summed E-state index contributed by atoms with van der Waals surface area (Å²) in [7, 11) is -1.45. The summed E-state index contributed by atoms with van der Waals surface area (Å²) in [6.45, 7) is 6.00. The highest BCUT2D eigenvalue weighted by molar-refractivity contribution is 7.84. The molecule has 0 radical (unpaired) electrons. The molecule has 0 bridgehead atoms. The fraction of sp³-hybridized carbons (Fsp3) is 0.391. The van der Waals surface area contributed by atoms with Crippen LogP contribution in [0.15, 0.2) is 41.6 Å². The van der Waals surface area contributed by atoms with E-state index in [1.165, 1.54) is 12.3 Å². The molecular weight excluding hydrogens is 444 g/mol. The molecular formula is C23H28N4O5S. The van der Waals surface area contributed by atoms with Crippen LogP contribution in [0.3, 0.4) is 0 Å². The maximum atomic E-state index is 12.9. The lowest BCUT2D eigenvalue weighted by atomic mass is 9.98. The van der Waals surface area contributed by atoms with Crippen molar-refractivity contribution in [3.05, 3.63) is 52.7 Å². The Labute approximate surface area is 194 Å². The molecule has 1 unspecified atom stereocenters. The van der Waals surface area contributed by atoms with Crippen molar-refractivity contribution in [2.24, 2.45) is 0 Å². The Balaban J connectivity index is 1.75. The molecule has 10 heteroatoms. The van der Waals surface area contributed by atoms with E-state index in [0.29, 0.717) is 55.5 Å². The first-order chi connectivity index (χ1) is 15.7. The zero-order chi connectivity index (χ0) is 23.8. The Hall–Kier alpha value is -2.79. The average molecular weight is 473 g/mol. The number of ether oxygens (including phenoxy) is 1. The van der Waals surface area contributed by atoms with Gasteiger partial charge < -0.3 is 24.8 Å². The first-order valence-corrected chi connectivity index (χ1v) is 12.3. The molecule has 0 aliphatic carbocycles. The van der Waals surface area contributed by atoms with Gasteiger partial charge in [0.2, 0.25) is 5.16 Å². The number of rotatable bonds is 6. The van der Waals surface area contributed by atoms with E-state index in [9.17, 15) is 19.6 Å². The Morgan fingerprint density at radius 1 is 1.12 bits per heavy atom. The number of aromatic nitrogens is 3. The van der Waals surface area contributed by atoms with E-state index in [1.807, 2.05) is 38.1 Å². The van der Waals surface area contributed by atoms with Crippen molar-refractivity contribution in [1.29, 1.82) is 0 Å². The van der Waals surface area contributed by atoms with Crippen LogP contribution in [0.1, 0.15) is 30.9 Å². The van der Waals surface area contributed by atoms with Crippen molar-refractivity contribution < 1.29 is 23.8 Å². The van der Waals surface area contributed by atoms with Gasteiger partial charge in [0.15, 0.2) is 5.82 Å². The predicted molar refractivity (Wildman–Crippen MR) is 124 cm³/mol. The Kier molecular flexibility index (Phi) is 6.53. The van der Waals surface area contributed by atoms with Gasteiger partial charge in [-0.3, -0.25) is 8.78 Å². The number of hydroxylamine groups is 3. The van der Waals surface area contributed by atoms with Gasteiger partial charge in [-0.2, -0.15) is 0 Å². The molecule has 2 N–H and O–H groups in total. The highest BCUT2D eigenvalue weighted by Gasteiger charge is 2.24. The molecule has 1 atom stereocenters. The molecule has 1 aromatic heterocycles. The van der Waals surface area contributed by atoms with Crippen LogP contribution in [0.25, 0.3) is 17.1 Å². The van der Waals surface area contributed by atoms with E-state index in [0.717, 1.165) is 5.56 Å². The third-order valence-electron chi connectivity index (χ3n) is 5.85. The third-order valence-corrected chi connectivity index (χ3v) is 6.63. The van der Waals surface area contributed by atoms with Crippen LogP contribution in [-0.2, 0) is 22.1 Å². The van der Waals surface area contributed by atoms with E-state index in [1.54, 1.807) is 10.6 Å². The number of quaternary nitrogens is 1. The molecule has 33 heavy (non-hydrogen) atoms. The number of phenolic OH excluding ortho intramolecular Hbond substituents is 2. The van der Waals surface area contributed by atoms with Crippen molar-refractivity contribution in [1.82, 2.24) is 14.8 Å². The van der Waals surface area contributed by atoms with E-state index < -0.39 is 10.8 Å². The summed E-state index contributed by atoms with van der Waals surface area (Å²) in [5.41, 5.74) is 2.57. The summed E-state index contributed by atoms with van der Waals surface area (Å²) in [6, 6.07) is 10.3. The minimum Gasteiger partial charge on any atom is -0.632 e. The van der Waals surface area contributed by atoms with Crippen LogP contribution in [0.5, 0.6) is 11.5 Å². The summed E-state index contributed by atoms with van der Waals surface area (Å²) < 4.78 is 19.0. The van der Waals surface area contributed by atoms with Gasteiger partial charge in [0.25, 0.3) is 0 Å². The first-order valence-electron chi connectivity index (χ1n) is 10.8. The van der Waals surface area contributed by atoms with Crippen LogP contribution in [0.4, 0.5) is 0 Å². The van der Waals surface area contributed by atoms with Gasteiger partial charge in [-0.25, -0.2) is 0 Å². The molecule has 0 saturated carbocycles. The van der Waals surface area contributed by atoms with E-state index in [4.69, 9.17) is 4.74 Å². The lowest BCUT2D eigenvalue weighted by Crippen LogP contribution is -2.49. The van der Waals surface area contributed by atoms with Crippen LogP contribution in [0.2, 0.25) is 0 Å². The molecule has 0 spiro atoms. The maximum absolute atomic E-state index is 12.9. The third kappa shape index (κ3) is 4.79. The van der Waals surface area contributed by atoms with Crippen LogP contribution in [0, 0.1) is 5.21 Å². The van der Waals surface area contributed by atoms with Crippen LogP contribution < -0.4 is 0 Å². The lowest BCUT2D eigenvalue weighted by Gasteiger charge is -2.45. The second-order valence-electron chi connectivity index (χ2n) is 8.62. The Morgan fingerprint density at radius 2 is 1.79 bits per heavy atom. The highest BCUT2D eigenvalue weighted by atomic mass is 32.2. The summed E-state index contributed by atoms with van der Waals surface area (Å²) >= 11 is 0. The molecule has 0 amide bonds. The molecule has 176 valence electrons. The standard InChI is InChI=1S/C23H28N4O5S/c1-15(2)18-12-19(21(29)13-20(18)28)22-24-25-23(33(3)31)26(22)17-6-4-16(5-7-17)14-27(30)8-10-32-11-9-27/h4-7,12-13,15,28-29H,8-11,14H2,1-3H3. The summed E-state index contributed by atoms with van der Waals surface area (Å²) in [5.74, 6) is 0.176. The van der Waals surface area contributed by atoms with Gasteiger partial charge in [0, 0.05) is 23.6 Å². The van der Waals surface area contributed by atoms with E-state index in [2.05, 4.69) is 10.2 Å². The Morgan fingerprint density at radius 3 is 2.39 bits per heavy atom. The van der Waals surface area contributed by atoms with Gasteiger partial charge in [0.1, 0.15) is 31.1 Å². The molecule has 1 fully saturated rings. The quantitative estimate of drug-likeness (QED) is 0.418. The summed E-state index contributed by atoms with van der Waals surface area (Å²) in [4.78, 5) is 0. The number of hydrogen-bond acceptors (Lipinski definition) is 7. The average Bonchev–Trinajstić information content (AvgIpc) is 3.19. The summed E-state index contributed by atoms with van der Waals surface area (Å²) in [5, 5.41) is 42.2. The number of aromatic hydroxyl groups is 2. The molecule has 4 rings (SSSR count). The maximum Gasteiger partial charge on any atom is 0.226 e. The first kappa shape index (κ1) is 23.4. The van der Waals surface area contributed by atoms with Crippen molar-refractivity contribution in [2.45, 2.75) is 31.5 Å². The van der Waals surface area contributed by atoms with Crippen molar-refractivity contribution in [3.8, 4) is 28.6 Å². The molecule has 1 saturated heterocycles. The number of benzene rings is 2. The topological polar surface area (TPSA) is 121 Å². The van der Waals surface area contributed by atoms with Gasteiger partial charge in [0.05, 0.1) is 29.6 Å². The van der Waals surface area contributed by atoms with Gasteiger partial charge in [-0.15, -0.1) is 10.2 Å². The summed E-state index contributed by atoms with van der Waals surface area (Å²) in [6.07, 6.45) is 1.51. The largest absolute Gasteiger partial charge is 0.632 e. The predicted octanol–water partition coefficient (Wildman–Crippen LogP) is 3.05. The molecule has 1 aliphatic heterocycles. The molecule has 2 heterocycles. The number of morpholine rings is 1. The normalized spacial score (nSPS) is 16.8. The number of nitrogens with zero attached hydrogens (tertiary/aromatic N) is 4. The smallest absolute Gasteiger partial charge is 0.226 e. The highest BCUT2D eigenvalue weighted by Crippen LogP contribution is 2.38. The second-order valence-corrected chi connectivity index (χ2v) is 9.89. The van der Waals surface area contributed by atoms with Gasteiger partial charge in [-0.1, -0.05) is 26.0 Å². The van der Waals surface area contributed by atoms with Crippen molar-refractivity contribution in [2.75, 3.05) is 32.6 Å². The zero-order valence-corrected chi connectivity index (χ0v) is 19.7. The minimum atomic E-state index is -1.45. The monoisotopic (exact) mass is 472 g/mol. The minimum absolute atomic E-state index is 0.00117. The van der Waals surface area contributed by atoms with Crippen molar-refractivity contribution in [3.63, 3.8) is 0 Å². The zero-order valence-electron chi connectivity index (χ0n) is 18.9. The molecule has 9 nitrogen and oxygen atoms in total. The fourth-order valence-corrected chi connectivity index (χ4v) is 4.62. The van der Waals surface area contributed by atoms with E-state index >= 15 is 0 Å². The second kappa shape index (κ2) is 9.22. The number of hydrogen-bond donors (Lipinski definition) is 2. The number of phenols is 2. The van der Waals surface area contributed by atoms with Gasteiger partial charge >= 0.3 is 0 Å².